The molecule has 1 fully saturated rings. The van der Waals surface area contributed by atoms with Crippen LogP contribution in [0, 0.1) is 0 Å². The summed E-state index contributed by atoms with van der Waals surface area (Å²) in [5.41, 5.74) is 1.93. The van der Waals surface area contributed by atoms with Crippen molar-refractivity contribution in [2.24, 2.45) is 5.14 Å². The average molecular weight is 325 g/mol. The van der Waals surface area contributed by atoms with E-state index in [9.17, 15) is 13.2 Å². The Hall–Kier alpha value is -1.90. The predicted octanol–water partition coefficient (Wildman–Crippen LogP) is 0.827. The van der Waals surface area contributed by atoms with Gasteiger partial charge in [-0.3, -0.25) is 0 Å². The van der Waals surface area contributed by atoms with Crippen molar-refractivity contribution < 1.29 is 17.9 Å². The smallest absolute Gasteiger partial charge is 0.319 e. The molecule has 8 heteroatoms. The van der Waals surface area contributed by atoms with E-state index >= 15 is 0 Å². The van der Waals surface area contributed by atoms with Crippen LogP contribution in [0.5, 0.6) is 0 Å². The number of nitrogens with one attached hydrogen (secondary N) is 2. The Morgan fingerprint density at radius 2 is 1.86 bits per heavy atom. The molecule has 1 saturated heterocycles. The van der Waals surface area contributed by atoms with Gasteiger partial charge in [-0.25, -0.2) is 18.4 Å². The second-order valence-corrected chi connectivity index (χ2v) is 6.49. The fraction of sp³-hybridized carbons (Fsp3) is 0.357. The Morgan fingerprint density at radius 1 is 1.23 bits per heavy atom. The van der Waals surface area contributed by atoms with Crippen molar-refractivity contribution in [1.82, 2.24) is 10.6 Å². The van der Waals surface area contributed by atoms with Crippen molar-refractivity contribution in [1.29, 1.82) is 0 Å². The Kier molecular flexibility index (Phi) is 5.53. The largest absolute Gasteiger partial charge is 0.381 e. The van der Waals surface area contributed by atoms with Gasteiger partial charge in [0.2, 0.25) is 10.0 Å². The molecular formula is C14H19N3O4S. The van der Waals surface area contributed by atoms with Crippen LogP contribution in [-0.4, -0.2) is 27.7 Å². The van der Waals surface area contributed by atoms with Crippen LogP contribution in [0.2, 0.25) is 0 Å². The van der Waals surface area contributed by atoms with Crippen molar-refractivity contribution in [3.8, 4) is 0 Å². The van der Waals surface area contributed by atoms with Crippen LogP contribution in [0.15, 0.2) is 40.9 Å². The normalized spacial score (nSPS) is 15.2. The highest BCUT2D eigenvalue weighted by Crippen LogP contribution is 2.11. The summed E-state index contributed by atoms with van der Waals surface area (Å²) >= 11 is 0. The fourth-order valence-electron chi connectivity index (χ4n) is 1.98. The van der Waals surface area contributed by atoms with Gasteiger partial charge >= 0.3 is 6.03 Å². The Morgan fingerprint density at radius 3 is 2.45 bits per heavy atom. The van der Waals surface area contributed by atoms with Crippen LogP contribution < -0.4 is 15.8 Å². The van der Waals surface area contributed by atoms with Crippen LogP contribution in [0.4, 0.5) is 4.79 Å². The SMILES string of the molecule is NS(=O)(=O)c1ccc(CNC(=O)NC=C2CCOCC2)cc1. The van der Waals surface area contributed by atoms with E-state index in [1.807, 2.05) is 0 Å². The Balaban J connectivity index is 1.81. The molecule has 2 amide bonds. The molecule has 120 valence electrons. The van der Waals surface area contributed by atoms with Crippen LogP contribution in [-0.2, 0) is 21.3 Å². The van der Waals surface area contributed by atoms with Gasteiger partial charge in [-0.2, -0.15) is 0 Å². The van der Waals surface area contributed by atoms with Crippen molar-refractivity contribution in [3.05, 3.63) is 41.6 Å². The first-order chi connectivity index (χ1) is 10.4. The van der Waals surface area contributed by atoms with Crippen molar-refractivity contribution in [3.63, 3.8) is 0 Å². The maximum atomic E-state index is 11.7. The highest BCUT2D eigenvalue weighted by molar-refractivity contribution is 7.89. The Bertz CT molecular complexity index is 645. The van der Waals surface area contributed by atoms with Gasteiger partial charge in [-0.15, -0.1) is 0 Å². The lowest BCUT2D eigenvalue weighted by Crippen LogP contribution is -2.32. The van der Waals surface area contributed by atoms with E-state index in [0.717, 1.165) is 24.0 Å². The molecule has 0 atom stereocenters. The maximum absolute atomic E-state index is 11.7. The number of hydrogen-bond acceptors (Lipinski definition) is 4. The molecule has 0 bridgehead atoms. The summed E-state index contributed by atoms with van der Waals surface area (Å²) in [5.74, 6) is 0. The molecule has 2 rings (SSSR count). The molecule has 0 spiro atoms. The van der Waals surface area contributed by atoms with Crippen LogP contribution in [0.1, 0.15) is 18.4 Å². The minimum absolute atomic E-state index is 0.0463. The summed E-state index contributed by atoms with van der Waals surface area (Å²) in [6.45, 7) is 1.67. The molecule has 7 nitrogen and oxygen atoms in total. The molecule has 1 aliphatic rings. The quantitative estimate of drug-likeness (QED) is 0.761. The van der Waals surface area contributed by atoms with E-state index in [1.165, 1.54) is 12.1 Å². The van der Waals surface area contributed by atoms with Gasteiger partial charge in [-0.05, 0) is 36.1 Å². The predicted molar refractivity (Wildman–Crippen MR) is 81.3 cm³/mol. The molecule has 1 aromatic carbocycles. The Labute approximate surface area is 129 Å². The zero-order chi connectivity index (χ0) is 16.0. The van der Waals surface area contributed by atoms with Crippen LogP contribution >= 0.6 is 0 Å². The first-order valence-corrected chi connectivity index (χ1v) is 8.41. The minimum atomic E-state index is -3.69. The second-order valence-electron chi connectivity index (χ2n) is 4.93. The van der Waals surface area contributed by atoms with E-state index in [2.05, 4.69) is 10.6 Å². The van der Waals surface area contributed by atoms with E-state index in [-0.39, 0.29) is 10.9 Å². The third-order valence-corrected chi connectivity index (χ3v) is 4.18. The summed E-state index contributed by atoms with van der Waals surface area (Å²) in [6, 6.07) is 5.73. The number of primary sulfonamides is 1. The molecule has 1 aromatic rings. The molecule has 1 heterocycles. The molecule has 0 aliphatic carbocycles. The highest BCUT2D eigenvalue weighted by atomic mass is 32.2. The third kappa shape index (κ3) is 5.14. The highest BCUT2D eigenvalue weighted by Gasteiger charge is 2.08. The first kappa shape index (κ1) is 16.5. The van der Waals surface area contributed by atoms with Gasteiger partial charge in [0.25, 0.3) is 0 Å². The number of urea groups is 1. The van der Waals surface area contributed by atoms with E-state index in [1.54, 1.807) is 18.3 Å². The molecule has 0 unspecified atom stereocenters. The number of sulfonamides is 1. The van der Waals surface area contributed by atoms with E-state index < -0.39 is 10.0 Å². The number of benzene rings is 1. The molecule has 0 aromatic heterocycles. The third-order valence-electron chi connectivity index (χ3n) is 3.25. The van der Waals surface area contributed by atoms with Gasteiger partial charge < -0.3 is 15.4 Å². The van der Waals surface area contributed by atoms with E-state index in [4.69, 9.17) is 9.88 Å². The zero-order valence-electron chi connectivity index (χ0n) is 12.0. The number of hydrogen-bond donors (Lipinski definition) is 3. The van der Waals surface area contributed by atoms with Crippen molar-refractivity contribution >= 4 is 16.1 Å². The van der Waals surface area contributed by atoms with Crippen molar-refractivity contribution in [2.45, 2.75) is 24.3 Å². The first-order valence-electron chi connectivity index (χ1n) is 6.87. The number of carbonyl (C=O) groups is 1. The van der Waals surface area contributed by atoms with Gasteiger partial charge in [-0.1, -0.05) is 12.1 Å². The lowest BCUT2D eigenvalue weighted by molar-refractivity contribution is 0.119. The number of rotatable bonds is 4. The molecular weight excluding hydrogens is 306 g/mol. The molecule has 22 heavy (non-hydrogen) atoms. The summed E-state index contributed by atoms with van der Waals surface area (Å²) in [5, 5.41) is 10.4. The lowest BCUT2D eigenvalue weighted by Gasteiger charge is -2.14. The van der Waals surface area contributed by atoms with Crippen LogP contribution in [0.25, 0.3) is 0 Å². The number of nitrogens with two attached hydrogens (primary N) is 1. The lowest BCUT2D eigenvalue weighted by atomic mass is 10.1. The zero-order valence-corrected chi connectivity index (χ0v) is 12.9. The maximum Gasteiger partial charge on any atom is 0.319 e. The summed E-state index contributed by atoms with van der Waals surface area (Å²) in [7, 11) is -3.69. The average Bonchev–Trinajstić information content (AvgIpc) is 2.51. The topological polar surface area (TPSA) is 111 Å². The molecule has 0 radical (unpaired) electrons. The van der Waals surface area contributed by atoms with E-state index in [0.29, 0.717) is 19.8 Å². The van der Waals surface area contributed by atoms with Gasteiger partial charge in [0, 0.05) is 12.7 Å². The standard InChI is InChI=1S/C14H19N3O4S/c15-22(19,20)13-3-1-11(2-4-13)9-16-14(18)17-10-12-5-7-21-8-6-12/h1-4,10H,5-9H2,(H2,15,19,20)(H2,16,17,18). The number of carbonyl (C=O) groups excluding carboxylic acids is 1. The van der Waals surface area contributed by atoms with Gasteiger partial charge in [0.1, 0.15) is 0 Å². The summed E-state index contributed by atoms with van der Waals surface area (Å²) in [6.07, 6.45) is 3.37. The van der Waals surface area contributed by atoms with Gasteiger partial charge in [0.05, 0.1) is 18.1 Å². The minimum Gasteiger partial charge on any atom is -0.381 e. The monoisotopic (exact) mass is 325 g/mol. The molecule has 4 N–H and O–H groups in total. The second kappa shape index (κ2) is 7.39. The number of ether oxygens (including phenoxy) is 1. The van der Waals surface area contributed by atoms with Crippen LogP contribution in [0.3, 0.4) is 0 Å². The van der Waals surface area contributed by atoms with Crippen molar-refractivity contribution in [2.75, 3.05) is 13.2 Å². The fourth-order valence-corrected chi connectivity index (χ4v) is 2.49. The summed E-state index contributed by atoms with van der Waals surface area (Å²) in [4.78, 5) is 11.7. The number of amides is 2. The summed E-state index contributed by atoms with van der Waals surface area (Å²) < 4.78 is 27.5. The molecule has 1 aliphatic heterocycles. The van der Waals surface area contributed by atoms with Gasteiger partial charge in [0.15, 0.2) is 0 Å². The molecule has 0 saturated carbocycles.